The SMILES string of the molecule is OC/C=C/CNC1CCCC1. The van der Waals surface area contributed by atoms with E-state index >= 15 is 0 Å². The Bertz CT molecular complexity index is 117. The van der Waals surface area contributed by atoms with Crippen LogP contribution in [0.5, 0.6) is 0 Å². The minimum atomic E-state index is 0.159. The molecule has 0 amide bonds. The zero-order valence-electron chi connectivity index (χ0n) is 6.92. The van der Waals surface area contributed by atoms with Crippen molar-refractivity contribution in [1.82, 2.24) is 5.32 Å². The fraction of sp³-hybridized carbons (Fsp3) is 0.778. The minimum absolute atomic E-state index is 0.159. The summed E-state index contributed by atoms with van der Waals surface area (Å²) in [6.45, 7) is 1.07. The second-order valence-electron chi connectivity index (χ2n) is 3.04. The van der Waals surface area contributed by atoms with Crippen molar-refractivity contribution in [2.24, 2.45) is 0 Å². The van der Waals surface area contributed by atoms with Crippen LogP contribution in [0, 0.1) is 0 Å². The van der Waals surface area contributed by atoms with E-state index in [1.54, 1.807) is 6.08 Å². The van der Waals surface area contributed by atoms with Gasteiger partial charge < -0.3 is 10.4 Å². The van der Waals surface area contributed by atoms with Crippen LogP contribution < -0.4 is 5.32 Å². The quantitative estimate of drug-likeness (QED) is 0.595. The molecule has 2 nitrogen and oxygen atoms in total. The first kappa shape index (κ1) is 8.75. The first-order valence-corrected chi connectivity index (χ1v) is 4.42. The highest BCUT2D eigenvalue weighted by Gasteiger charge is 2.12. The monoisotopic (exact) mass is 155 g/mol. The van der Waals surface area contributed by atoms with Crippen molar-refractivity contribution in [2.75, 3.05) is 13.2 Å². The van der Waals surface area contributed by atoms with E-state index in [2.05, 4.69) is 5.32 Å². The molecule has 1 fully saturated rings. The third kappa shape index (κ3) is 3.54. The lowest BCUT2D eigenvalue weighted by molar-refractivity contribution is 0.342. The van der Waals surface area contributed by atoms with Crippen LogP contribution in [0.4, 0.5) is 0 Å². The number of hydrogen-bond acceptors (Lipinski definition) is 2. The topological polar surface area (TPSA) is 32.3 Å². The Hall–Kier alpha value is -0.340. The molecule has 11 heavy (non-hydrogen) atoms. The van der Waals surface area contributed by atoms with E-state index in [0.717, 1.165) is 12.6 Å². The molecule has 0 aromatic carbocycles. The van der Waals surface area contributed by atoms with Gasteiger partial charge in [-0.25, -0.2) is 0 Å². The predicted molar refractivity (Wildman–Crippen MR) is 46.5 cm³/mol. The minimum Gasteiger partial charge on any atom is -0.392 e. The molecule has 0 spiro atoms. The summed E-state index contributed by atoms with van der Waals surface area (Å²) in [5.41, 5.74) is 0. The molecule has 0 bridgehead atoms. The molecule has 0 aromatic rings. The molecular weight excluding hydrogens is 138 g/mol. The van der Waals surface area contributed by atoms with Crippen LogP contribution in [0.3, 0.4) is 0 Å². The van der Waals surface area contributed by atoms with Gasteiger partial charge in [-0.1, -0.05) is 25.0 Å². The molecule has 0 unspecified atom stereocenters. The maximum atomic E-state index is 8.44. The van der Waals surface area contributed by atoms with Crippen molar-refractivity contribution in [1.29, 1.82) is 0 Å². The average Bonchev–Trinajstić information content (AvgIpc) is 2.50. The van der Waals surface area contributed by atoms with Gasteiger partial charge in [0.1, 0.15) is 0 Å². The van der Waals surface area contributed by atoms with Gasteiger partial charge in [0.15, 0.2) is 0 Å². The third-order valence-electron chi connectivity index (χ3n) is 2.15. The van der Waals surface area contributed by atoms with Crippen LogP contribution in [0.2, 0.25) is 0 Å². The second-order valence-corrected chi connectivity index (χ2v) is 3.04. The summed E-state index contributed by atoms with van der Waals surface area (Å²) in [4.78, 5) is 0. The van der Waals surface area contributed by atoms with Crippen molar-refractivity contribution in [3.63, 3.8) is 0 Å². The highest BCUT2D eigenvalue weighted by atomic mass is 16.2. The lowest BCUT2D eigenvalue weighted by atomic mass is 10.2. The number of hydrogen-bond donors (Lipinski definition) is 2. The molecule has 0 saturated heterocycles. The zero-order chi connectivity index (χ0) is 7.94. The maximum absolute atomic E-state index is 8.44. The highest BCUT2D eigenvalue weighted by molar-refractivity contribution is 4.85. The van der Waals surface area contributed by atoms with Gasteiger partial charge in [0.05, 0.1) is 6.61 Å². The van der Waals surface area contributed by atoms with Crippen LogP contribution >= 0.6 is 0 Å². The van der Waals surface area contributed by atoms with Crippen LogP contribution in [0.15, 0.2) is 12.2 Å². The fourth-order valence-electron chi connectivity index (χ4n) is 1.52. The third-order valence-corrected chi connectivity index (χ3v) is 2.15. The summed E-state index contributed by atoms with van der Waals surface area (Å²) in [6, 6.07) is 0.735. The normalized spacial score (nSPS) is 20.1. The molecule has 1 aliphatic carbocycles. The standard InChI is InChI=1S/C9H17NO/c11-8-4-3-7-10-9-5-1-2-6-9/h3-4,9-11H,1-2,5-8H2/b4-3+. The Morgan fingerprint density at radius 2 is 2.00 bits per heavy atom. The van der Waals surface area contributed by atoms with Gasteiger partial charge in [0.2, 0.25) is 0 Å². The van der Waals surface area contributed by atoms with Gasteiger partial charge in [-0.3, -0.25) is 0 Å². The largest absolute Gasteiger partial charge is 0.392 e. The van der Waals surface area contributed by atoms with Gasteiger partial charge in [-0.15, -0.1) is 0 Å². The first-order valence-electron chi connectivity index (χ1n) is 4.42. The van der Waals surface area contributed by atoms with Crippen molar-refractivity contribution >= 4 is 0 Å². The summed E-state index contributed by atoms with van der Waals surface area (Å²) >= 11 is 0. The molecule has 2 heteroatoms. The van der Waals surface area contributed by atoms with Gasteiger partial charge in [-0.05, 0) is 12.8 Å². The van der Waals surface area contributed by atoms with E-state index in [0.29, 0.717) is 0 Å². The summed E-state index contributed by atoms with van der Waals surface area (Å²) in [6.07, 6.45) is 9.17. The number of nitrogens with one attached hydrogen (secondary N) is 1. The predicted octanol–water partition coefficient (Wildman–Crippen LogP) is 1.07. The van der Waals surface area contributed by atoms with Crippen LogP contribution in [0.1, 0.15) is 25.7 Å². The fourth-order valence-corrected chi connectivity index (χ4v) is 1.52. The number of aliphatic hydroxyl groups is 1. The Balaban J connectivity index is 1.97. The summed E-state index contributed by atoms with van der Waals surface area (Å²) in [5, 5.41) is 11.9. The molecule has 1 saturated carbocycles. The molecule has 2 N–H and O–H groups in total. The van der Waals surface area contributed by atoms with Crippen LogP contribution in [0.25, 0.3) is 0 Å². The number of rotatable bonds is 4. The molecule has 0 heterocycles. The molecule has 1 rings (SSSR count). The molecule has 1 aliphatic rings. The van der Waals surface area contributed by atoms with Gasteiger partial charge in [0, 0.05) is 12.6 Å². The Labute approximate surface area is 68.3 Å². The molecule has 0 aromatic heterocycles. The average molecular weight is 155 g/mol. The summed E-state index contributed by atoms with van der Waals surface area (Å²) in [5.74, 6) is 0. The van der Waals surface area contributed by atoms with E-state index < -0.39 is 0 Å². The molecule has 0 radical (unpaired) electrons. The summed E-state index contributed by atoms with van der Waals surface area (Å²) in [7, 11) is 0. The van der Waals surface area contributed by atoms with E-state index in [4.69, 9.17) is 5.11 Å². The maximum Gasteiger partial charge on any atom is 0.0612 e. The highest BCUT2D eigenvalue weighted by Crippen LogP contribution is 2.17. The molecule has 0 aliphatic heterocycles. The van der Waals surface area contributed by atoms with Crippen LogP contribution in [-0.2, 0) is 0 Å². The Morgan fingerprint density at radius 1 is 1.27 bits per heavy atom. The Morgan fingerprint density at radius 3 is 2.64 bits per heavy atom. The van der Waals surface area contributed by atoms with E-state index in [-0.39, 0.29) is 6.61 Å². The van der Waals surface area contributed by atoms with E-state index in [1.807, 2.05) is 6.08 Å². The van der Waals surface area contributed by atoms with Gasteiger partial charge >= 0.3 is 0 Å². The van der Waals surface area contributed by atoms with Crippen LogP contribution in [-0.4, -0.2) is 24.3 Å². The molecule has 0 atom stereocenters. The van der Waals surface area contributed by atoms with Gasteiger partial charge in [-0.2, -0.15) is 0 Å². The first-order chi connectivity index (χ1) is 5.43. The summed E-state index contributed by atoms with van der Waals surface area (Å²) < 4.78 is 0. The number of aliphatic hydroxyl groups excluding tert-OH is 1. The van der Waals surface area contributed by atoms with Crippen molar-refractivity contribution in [3.05, 3.63) is 12.2 Å². The zero-order valence-corrected chi connectivity index (χ0v) is 6.92. The molecular formula is C9H17NO. The lowest BCUT2D eigenvalue weighted by Crippen LogP contribution is -2.25. The second kappa shape index (κ2) is 5.33. The smallest absolute Gasteiger partial charge is 0.0612 e. The van der Waals surface area contributed by atoms with E-state index in [9.17, 15) is 0 Å². The molecule has 64 valence electrons. The lowest BCUT2D eigenvalue weighted by Gasteiger charge is -2.08. The van der Waals surface area contributed by atoms with Gasteiger partial charge in [0.25, 0.3) is 0 Å². The van der Waals surface area contributed by atoms with Crippen molar-refractivity contribution in [2.45, 2.75) is 31.7 Å². The van der Waals surface area contributed by atoms with Crippen molar-refractivity contribution in [3.8, 4) is 0 Å². The van der Waals surface area contributed by atoms with Crippen molar-refractivity contribution < 1.29 is 5.11 Å². The Kier molecular flexibility index (Phi) is 4.24. The van der Waals surface area contributed by atoms with E-state index in [1.165, 1.54) is 25.7 Å².